The van der Waals surface area contributed by atoms with Crippen molar-refractivity contribution < 1.29 is 21.2 Å². The number of nitriles is 1. The SMILES string of the molecule is COc1cc2c(=O)c3c4ccc(C#N)cc4[nH]c3n(C3CNC3)c2cc1-c1cccc(OS(=O)(=O)F)c1. The molecule has 6 rings (SSSR count). The number of hydrogen-bond donors (Lipinski definition) is 2. The lowest BCUT2D eigenvalue weighted by atomic mass is 9.99. The van der Waals surface area contributed by atoms with Crippen molar-refractivity contribution >= 4 is 43.3 Å². The number of nitrogens with zero attached hydrogens (tertiary/aromatic N) is 2. The highest BCUT2D eigenvalue weighted by Crippen LogP contribution is 2.38. The van der Waals surface area contributed by atoms with Crippen molar-refractivity contribution in [3.63, 3.8) is 0 Å². The van der Waals surface area contributed by atoms with Gasteiger partial charge in [-0.25, -0.2) is 0 Å². The number of benzene rings is 3. The van der Waals surface area contributed by atoms with E-state index in [4.69, 9.17) is 4.74 Å². The van der Waals surface area contributed by atoms with Crippen LogP contribution in [-0.4, -0.2) is 38.2 Å². The second-order valence-electron chi connectivity index (χ2n) is 8.81. The van der Waals surface area contributed by atoms with Gasteiger partial charge in [0.05, 0.1) is 41.1 Å². The maximum absolute atomic E-state index is 13.8. The van der Waals surface area contributed by atoms with Gasteiger partial charge in [-0.1, -0.05) is 22.1 Å². The fourth-order valence-electron chi connectivity index (χ4n) is 4.93. The standard InChI is InChI=1S/C26H19FN4O5S/c1-35-23-10-20-22(9-19(23)15-3-2-4-17(8-15)36-37(27,33)34)31(16-12-29-13-16)26-24(25(20)32)18-6-5-14(11-28)7-21(18)30-26/h2-10,16,29-30H,12-13H2,1H3. The van der Waals surface area contributed by atoms with Gasteiger partial charge >= 0.3 is 10.5 Å². The van der Waals surface area contributed by atoms with Crippen LogP contribution in [0.25, 0.3) is 44.0 Å². The van der Waals surface area contributed by atoms with Gasteiger partial charge in [0.25, 0.3) is 0 Å². The van der Waals surface area contributed by atoms with Crippen LogP contribution in [0.15, 0.2) is 59.4 Å². The quantitative estimate of drug-likeness (QED) is 0.338. The fourth-order valence-corrected chi connectivity index (χ4v) is 5.26. The normalized spacial score (nSPS) is 14.1. The van der Waals surface area contributed by atoms with E-state index >= 15 is 0 Å². The van der Waals surface area contributed by atoms with E-state index in [0.717, 1.165) is 5.39 Å². The number of aromatic amines is 1. The Labute approximate surface area is 210 Å². The Balaban J connectivity index is 1.68. The molecule has 0 saturated carbocycles. The van der Waals surface area contributed by atoms with Gasteiger partial charge in [0.15, 0.2) is 5.43 Å². The van der Waals surface area contributed by atoms with Gasteiger partial charge in [-0.05, 0) is 42.0 Å². The van der Waals surface area contributed by atoms with Crippen LogP contribution in [0, 0.1) is 11.3 Å². The number of ether oxygens (including phenoxy) is 1. The molecule has 2 N–H and O–H groups in total. The average molecular weight is 519 g/mol. The van der Waals surface area contributed by atoms with Gasteiger partial charge in [-0.15, -0.1) is 0 Å². The van der Waals surface area contributed by atoms with E-state index in [1.807, 2.05) is 6.07 Å². The number of rotatable bonds is 5. The van der Waals surface area contributed by atoms with Gasteiger partial charge < -0.3 is 23.8 Å². The lowest BCUT2D eigenvalue weighted by molar-refractivity contribution is 0.357. The van der Waals surface area contributed by atoms with Crippen LogP contribution in [0.5, 0.6) is 11.5 Å². The molecule has 0 unspecified atom stereocenters. The van der Waals surface area contributed by atoms with Gasteiger partial charge in [0.2, 0.25) is 0 Å². The zero-order chi connectivity index (χ0) is 25.9. The second kappa shape index (κ2) is 8.33. The summed E-state index contributed by atoms with van der Waals surface area (Å²) in [5, 5.41) is 14.3. The number of nitrogens with one attached hydrogen (secondary N) is 2. The van der Waals surface area contributed by atoms with Crippen molar-refractivity contribution in [3.05, 3.63) is 70.4 Å². The molecular formula is C26H19FN4O5S. The van der Waals surface area contributed by atoms with Crippen molar-refractivity contribution in [1.82, 2.24) is 14.9 Å². The van der Waals surface area contributed by atoms with E-state index in [1.54, 1.807) is 30.3 Å². The minimum Gasteiger partial charge on any atom is -0.496 e. The molecule has 11 heteroatoms. The summed E-state index contributed by atoms with van der Waals surface area (Å²) in [4.78, 5) is 17.2. The molecule has 0 amide bonds. The number of aromatic nitrogens is 2. The molecule has 0 bridgehead atoms. The van der Waals surface area contributed by atoms with Gasteiger partial charge in [-0.3, -0.25) is 4.79 Å². The third-order valence-corrected chi connectivity index (χ3v) is 7.06. The highest BCUT2D eigenvalue weighted by molar-refractivity contribution is 7.81. The summed E-state index contributed by atoms with van der Waals surface area (Å²) in [5.74, 6) is 0.191. The number of halogens is 1. The topological polar surface area (TPSA) is 126 Å². The Morgan fingerprint density at radius 2 is 1.92 bits per heavy atom. The molecule has 186 valence electrons. The predicted molar refractivity (Wildman–Crippen MR) is 137 cm³/mol. The van der Waals surface area contributed by atoms with Crippen molar-refractivity contribution in [2.75, 3.05) is 20.2 Å². The van der Waals surface area contributed by atoms with Crippen molar-refractivity contribution in [2.45, 2.75) is 6.04 Å². The van der Waals surface area contributed by atoms with Crippen LogP contribution >= 0.6 is 0 Å². The van der Waals surface area contributed by atoms with E-state index in [1.165, 1.54) is 25.3 Å². The summed E-state index contributed by atoms with van der Waals surface area (Å²) >= 11 is 0. The molecule has 0 spiro atoms. The third kappa shape index (κ3) is 3.78. The molecule has 1 fully saturated rings. The van der Waals surface area contributed by atoms with E-state index in [0.29, 0.717) is 63.0 Å². The zero-order valence-electron chi connectivity index (χ0n) is 19.4. The number of methoxy groups -OCH3 is 1. The van der Waals surface area contributed by atoms with E-state index in [2.05, 4.69) is 25.1 Å². The Morgan fingerprint density at radius 1 is 1.11 bits per heavy atom. The first-order valence-corrected chi connectivity index (χ1v) is 12.7. The Bertz CT molecular complexity index is 1950. The molecule has 2 aromatic heterocycles. The van der Waals surface area contributed by atoms with Crippen LogP contribution in [0.1, 0.15) is 11.6 Å². The monoisotopic (exact) mass is 518 g/mol. The number of fused-ring (bicyclic) bond motifs is 4. The molecule has 9 nitrogen and oxygen atoms in total. The zero-order valence-corrected chi connectivity index (χ0v) is 20.2. The number of pyridine rings is 1. The molecule has 5 aromatic rings. The lowest BCUT2D eigenvalue weighted by Gasteiger charge is -2.32. The second-order valence-corrected chi connectivity index (χ2v) is 9.76. The maximum Gasteiger partial charge on any atom is 0.488 e. The van der Waals surface area contributed by atoms with Crippen LogP contribution in [0.2, 0.25) is 0 Å². The third-order valence-electron chi connectivity index (χ3n) is 6.66. The molecule has 3 aromatic carbocycles. The summed E-state index contributed by atoms with van der Waals surface area (Å²) in [6.07, 6.45) is 0. The minimum atomic E-state index is -5.20. The largest absolute Gasteiger partial charge is 0.496 e. The van der Waals surface area contributed by atoms with E-state index < -0.39 is 10.5 Å². The molecule has 0 atom stereocenters. The maximum atomic E-state index is 13.8. The molecular weight excluding hydrogens is 499 g/mol. The summed E-state index contributed by atoms with van der Waals surface area (Å²) in [6, 6.07) is 16.8. The first-order valence-electron chi connectivity index (χ1n) is 11.3. The smallest absolute Gasteiger partial charge is 0.488 e. The van der Waals surface area contributed by atoms with Crippen LogP contribution in [0.3, 0.4) is 0 Å². The molecule has 3 heterocycles. The molecule has 1 saturated heterocycles. The van der Waals surface area contributed by atoms with Gasteiger partial charge in [0, 0.05) is 29.6 Å². The predicted octanol–water partition coefficient (Wildman–Crippen LogP) is 3.92. The van der Waals surface area contributed by atoms with E-state index in [9.17, 15) is 22.4 Å². The first kappa shape index (κ1) is 23.0. The van der Waals surface area contributed by atoms with Gasteiger partial charge in [-0.2, -0.15) is 13.7 Å². The first-order chi connectivity index (χ1) is 17.8. The van der Waals surface area contributed by atoms with Crippen molar-refractivity contribution in [3.8, 4) is 28.7 Å². The molecule has 0 aliphatic carbocycles. The highest BCUT2D eigenvalue weighted by atomic mass is 32.3. The minimum absolute atomic E-state index is 0.0571. The number of H-pyrrole nitrogens is 1. The summed E-state index contributed by atoms with van der Waals surface area (Å²) in [6.45, 7) is 1.40. The summed E-state index contributed by atoms with van der Waals surface area (Å²) < 4.78 is 47.3. The average Bonchev–Trinajstić information content (AvgIpc) is 3.22. The van der Waals surface area contributed by atoms with Crippen LogP contribution < -0.4 is 19.7 Å². The Kier molecular flexibility index (Phi) is 5.18. The fraction of sp³-hybridized carbons (Fsp3) is 0.154. The summed E-state index contributed by atoms with van der Waals surface area (Å²) in [7, 11) is -3.72. The Hall–Kier alpha value is -4.40. The van der Waals surface area contributed by atoms with Crippen LogP contribution in [0.4, 0.5) is 3.89 Å². The van der Waals surface area contributed by atoms with E-state index in [-0.39, 0.29) is 17.2 Å². The number of hydrogen-bond acceptors (Lipinski definition) is 7. The Morgan fingerprint density at radius 3 is 2.59 bits per heavy atom. The van der Waals surface area contributed by atoms with Crippen LogP contribution in [-0.2, 0) is 10.5 Å². The van der Waals surface area contributed by atoms with Gasteiger partial charge in [0.1, 0.15) is 17.1 Å². The highest BCUT2D eigenvalue weighted by Gasteiger charge is 2.26. The molecule has 1 aliphatic rings. The van der Waals surface area contributed by atoms with Crippen molar-refractivity contribution in [1.29, 1.82) is 5.26 Å². The lowest BCUT2D eigenvalue weighted by Crippen LogP contribution is -2.44. The summed E-state index contributed by atoms with van der Waals surface area (Å²) in [5.41, 5.74) is 3.36. The van der Waals surface area contributed by atoms with Crippen molar-refractivity contribution in [2.24, 2.45) is 0 Å². The molecule has 1 aliphatic heterocycles. The molecule has 37 heavy (non-hydrogen) atoms. The molecule has 0 radical (unpaired) electrons.